The average Bonchev–Trinajstić information content (AvgIpc) is 2.51. The van der Waals surface area contributed by atoms with Crippen LogP contribution >= 0.6 is 0 Å². The summed E-state index contributed by atoms with van der Waals surface area (Å²) in [6.07, 6.45) is -4.12. The van der Waals surface area contributed by atoms with Crippen molar-refractivity contribution in [2.45, 2.75) is 52.1 Å². The lowest BCUT2D eigenvalue weighted by atomic mass is 10.0. The van der Waals surface area contributed by atoms with Crippen LogP contribution in [0.5, 0.6) is 0 Å². The summed E-state index contributed by atoms with van der Waals surface area (Å²) in [6, 6.07) is 13.1. The molecular weight excluding hydrogens is 325 g/mol. The second kappa shape index (κ2) is 7.58. The van der Waals surface area contributed by atoms with E-state index in [-0.39, 0.29) is 11.7 Å². The third kappa shape index (κ3) is 6.18. The number of rotatable bonds is 5. The molecule has 0 aliphatic carbocycles. The summed E-state index contributed by atoms with van der Waals surface area (Å²) in [6.45, 7) is 9.14. The first kappa shape index (κ1) is 19.5. The van der Waals surface area contributed by atoms with Gasteiger partial charge in [0.1, 0.15) is 0 Å². The number of halogens is 3. The van der Waals surface area contributed by atoms with Gasteiger partial charge in [0.25, 0.3) is 0 Å². The Morgan fingerprint density at radius 2 is 1.32 bits per heavy atom. The predicted octanol–water partition coefficient (Wildman–Crippen LogP) is 5.20. The van der Waals surface area contributed by atoms with E-state index in [1.807, 2.05) is 24.3 Å². The molecule has 0 fully saturated rings. The third-order valence-corrected chi connectivity index (χ3v) is 3.76. The zero-order valence-corrected chi connectivity index (χ0v) is 15.0. The summed E-state index contributed by atoms with van der Waals surface area (Å²) in [7, 11) is 0. The van der Waals surface area contributed by atoms with Crippen LogP contribution < -0.4 is 10.6 Å². The van der Waals surface area contributed by atoms with Gasteiger partial charge in [-0.05, 0) is 56.5 Å². The molecule has 0 heterocycles. The number of benzene rings is 2. The Morgan fingerprint density at radius 1 is 0.840 bits per heavy atom. The molecular formula is C20H25F3N2. The zero-order valence-electron chi connectivity index (χ0n) is 15.0. The Morgan fingerprint density at radius 3 is 1.76 bits per heavy atom. The number of hydrogen-bond donors (Lipinski definition) is 2. The second-order valence-corrected chi connectivity index (χ2v) is 7.27. The highest BCUT2D eigenvalue weighted by atomic mass is 19.4. The highest BCUT2D eigenvalue weighted by Gasteiger charge is 2.29. The van der Waals surface area contributed by atoms with Gasteiger partial charge in [-0.2, -0.15) is 13.2 Å². The molecule has 2 aromatic carbocycles. The van der Waals surface area contributed by atoms with Crippen LogP contribution in [0.3, 0.4) is 0 Å². The monoisotopic (exact) mass is 350 g/mol. The SMILES string of the molecule is CC(NCc1ccc(-c2ccc(C(F)(F)F)cc2)cc1)NC(C)(C)C. The molecule has 0 radical (unpaired) electrons. The molecule has 5 heteroatoms. The molecule has 0 saturated heterocycles. The fraction of sp³-hybridized carbons (Fsp3) is 0.400. The molecule has 2 aromatic rings. The summed E-state index contributed by atoms with van der Waals surface area (Å²) in [5, 5.41) is 6.84. The van der Waals surface area contributed by atoms with Gasteiger partial charge in [0.2, 0.25) is 0 Å². The van der Waals surface area contributed by atoms with E-state index >= 15 is 0 Å². The van der Waals surface area contributed by atoms with Crippen LogP contribution in [0.25, 0.3) is 11.1 Å². The molecule has 2 nitrogen and oxygen atoms in total. The molecule has 0 spiro atoms. The van der Waals surface area contributed by atoms with Gasteiger partial charge in [0.05, 0.1) is 11.7 Å². The van der Waals surface area contributed by atoms with Gasteiger partial charge < -0.3 is 0 Å². The summed E-state index contributed by atoms with van der Waals surface area (Å²) in [5.41, 5.74) is 2.21. The maximum absolute atomic E-state index is 12.6. The van der Waals surface area contributed by atoms with Crippen LogP contribution in [-0.4, -0.2) is 11.7 Å². The fourth-order valence-electron chi connectivity index (χ4n) is 2.64. The Hall–Kier alpha value is -1.85. The Kier molecular flexibility index (Phi) is 5.91. The van der Waals surface area contributed by atoms with Crippen LogP contribution in [0.15, 0.2) is 48.5 Å². The van der Waals surface area contributed by atoms with Crippen LogP contribution in [0.2, 0.25) is 0 Å². The quantitative estimate of drug-likeness (QED) is 0.725. The smallest absolute Gasteiger partial charge is 0.298 e. The van der Waals surface area contributed by atoms with Gasteiger partial charge in [-0.25, -0.2) is 0 Å². The van der Waals surface area contributed by atoms with Crippen molar-refractivity contribution in [3.63, 3.8) is 0 Å². The molecule has 1 unspecified atom stereocenters. The zero-order chi connectivity index (χ0) is 18.7. The molecule has 1 atom stereocenters. The van der Waals surface area contributed by atoms with Crippen molar-refractivity contribution in [1.29, 1.82) is 0 Å². The van der Waals surface area contributed by atoms with E-state index in [4.69, 9.17) is 0 Å². The largest absolute Gasteiger partial charge is 0.416 e. The predicted molar refractivity (Wildman–Crippen MR) is 96.1 cm³/mol. The van der Waals surface area contributed by atoms with E-state index < -0.39 is 11.7 Å². The van der Waals surface area contributed by atoms with Crippen molar-refractivity contribution in [2.24, 2.45) is 0 Å². The van der Waals surface area contributed by atoms with E-state index in [9.17, 15) is 13.2 Å². The third-order valence-electron chi connectivity index (χ3n) is 3.76. The minimum Gasteiger partial charge on any atom is -0.298 e. The average molecular weight is 350 g/mol. The van der Waals surface area contributed by atoms with Crippen molar-refractivity contribution in [2.75, 3.05) is 0 Å². The first-order chi connectivity index (χ1) is 11.5. The van der Waals surface area contributed by atoms with Crippen LogP contribution in [0, 0.1) is 0 Å². The molecule has 0 aliphatic rings. The summed E-state index contributed by atoms with van der Waals surface area (Å²) < 4.78 is 37.8. The summed E-state index contributed by atoms with van der Waals surface area (Å²) in [4.78, 5) is 0. The van der Waals surface area contributed by atoms with Crippen molar-refractivity contribution < 1.29 is 13.2 Å². The van der Waals surface area contributed by atoms with Crippen molar-refractivity contribution in [3.8, 4) is 11.1 Å². The molecule has 2 rings (SSSR count). The summed E-state index contributed by atoms with van der Waals surface area (Å²) in [5.74, 6) is 0. The van der Waals surface area contributed by atoms with E-state index in [1.165, 1.54) is 12.1 Å². The van der Waals surface area contributed by atoms with E-state index in [0.29, 0.717) is 0 Å². The van der Waals surface area contributed by atoms with Gasteiger partial charge in [-0.1, -0.05) is 36.4 Å². The van der Waals surface area contributed by atoms with E-state index in [2.05, 4.69) is 38.3 Å². The molecule has 0 amide bonds. The van der Waals surface area contributed by atoms with Gasteiger partial charge >= 0.3 is 6.18 Å². The molecule has 0 aromatic heterocycles. The van der Waals surface area contributed by atoms with Crippen molar-refractivity contribution >= 4 is 0 Å². The normalized spacial score (nSPS) is 13.7. The Balaban J connectivity index is 1.98. The number of hydrogen-bond acceptors (Lipinski definition) is 2. The van der Waals surface area contributed by atoms with Gasteiger partial charge in [-0.3, -0.25) is 10.6 Å². The molecule has 0 bridgehead atoms. The first-order valence-electron chi connectivity index (χ1n) is 8.32. The minimum absolute atomic E-state index is 0.0405. The van der Waals surface area contributed by atoms with Gasteiger partial charge in [-0.15, -0.1) is 0 Å². The molecule has 25 heavy (non-hydrogen) atoms. The highest BCUT2D eigenvalue weighted by molar-refractivity contribution is 5.64. The molecule has 0 saturated carbocycles. The maximum atomic E-state index is 12.6. The maximum Gasteiger partial charge on any atom is 0.416 e. The second-order valence-electron chi connectivity index (χ2n) is 7.27. The Labute approximate surface area is 147 Å². The van der Waals surface area contributed by atoms with E-state index in [0.717, 1.165) is 35.4 Å². The number of nitrogens with one attached hydrogen (secondary N) is 2. The van der Waals surface area contributed by atoms with E-state index in [1.54, 1.807) is 0 Å². The van der Waals surface area contributed by atoms with Crippen LogP contribution in [-0.2, 0) is 12.7 Å². The minimum atomic E-state index is -4.30. The van der Waals surface area contributed by atoms with Crippen LogP contribution in [0.1, 0.15) is 38.8 Å². The standard InChI is InChI=1S/C20H25F3N2/c1-14(25-19(2,3)4)24-13-15-5-7-16(8-6-15)17-9-11-18(12-10-17)20(21,22)23/h5-12,14,24-25H,13H2,1-4H3. The van der Waals surface area contributed by atoms with Gasteiger partial charge in [0, 0.05) is 12.1 Å². The van der Waals surface area contributed by atoms with Crippen molar-refractivity contribution in [3.05, 3.63) is 59.7 Å². The van der Waals surface area contributed by atoms with Crippen molar-refractivity contribution in [1.82, 2.24) is 10.6 Å². The summed E-state index contributed by atoms with van der Waals surface area (Å²) >= 11 is 0. The first-order valence-corrected chi connectivity index (χ1v) is 8.32. The lowest BCUT2D eigenvalue weighted by Crippen LogP contribution is -2.49. The fourth-order valence-corrected chi connectivity index (χ4v) is 2.64. The molecule has 2 N–H and O–H groups in total. The lowest BCUT2D eigenvalue weighted by Gasteiger charge is -2.26. The molecule has 0 aliphatic heterocycles. The van der Waals surface area contributed by atoms with Gasteiger partial charge in [0.15, 0.2) is 0 Å². The highest BCUT2D eigenvalue weighted by Crippen LogP contribution is 2.31. The Bertz CT molecular complexity index is 668. The number of alkyl halides is 3. The lowest BCUT2D eigenvalue weighted by molar-refractivity contribution is -0.137. The molecule has 136 valence electrons. The van der Waals surface area contributed by atoms with Crippen LogP contribution in [0.4, 0.5) is 13.2 Å². The topological polar surface area (TPSA) is 24.1 Å².